The summed E-state index contributed by atoms with van der Waals surface area (Å²) in [5.74, 6) is 0. The first kappa shape index (κ1) is 9.21. The molecule has 1 atom stereocenters. The molecule has 0 radical (unpaired) electrons. The van der Waals surface area contributed by atoms with Crippen molar-refractivity contribution in [3.8, 4) is 0 Å². The zero-order chi connectivity index (χ0) is 9.43. The first-order chi connectivity index (χ1) is 6.89. The standard InChI is InChI=1S/C13H23N/c1-2-5-11(6-3-1)14-12-7-10-13(12)8-4-9-13/h11-12,14H,1-10H2. The minimum Gasteiger partial charge on any atom is -0.311 e. The van der Waals surface area contributed by atoms with Crippen LogP contribution in [0.5, 0.6) is 0 Å². The van der Waals surface area contributed by atoms with Gasteiger partial charge in [-0.05, 0) is 43.9 Å². The minimum absolute atomic E-state index is 0.803. The number of rotatable bonds is 2. The van der Waals surface area contributed by atoms with Gasteiger partial charge in [0.2, 0.25) is 0 Å². The van der Waals surface area contributed by atoms with Gasteiger partial charge in [0.15, 0.2) is 0 Å². The molecule has 3 aliphatic rings. The molecule has 1 spiro atoms. The maximum absolute atomic E-state index is 3.95. The molecule has 0 aromatic rings. The quantitative estimate of drug-likeness (QED) is 0.710. The lowest BCUT2D eigenvalue weighted by atomic mass is 9.53. The number of nitrogens with one attached hydrogen (secondary N) is 1. The zero-order valence-electron chi connectivity index (χ0n) is 9.23. The Labute approximate surface area is 87.7 Å². The second kappa shape index (κ2) is 3.52. The lowest BCUT2D eigenvalue weighted by Crippen LogP contribution is -2.59. The van der Waals surface area contributed by atoms with E-state index in [0.29, 0.717) is 0 Å². The van der Waals surface area contributed by atoms with E-state index in [0.717, 1.165) is 17.5 Å². The fourth-order valence-corrected chi connectivity index (χ4v) is 3.74. The van der Waals surface area contributed by atoms with Crippen molar-refractivity contribution < 1.29 is 0 Å². The summed E-state index contributed by atoms with van der Waals surface area (Å²) < 4.78 is 0. The molecule has 0 amide bonds. The van der Waals surface area contributed by atoms with Gasteiger partial charge in [-0.15, -0.1) is 0 Å². The van der Waals surface area contributed by atoms with Gasteiger partial charge in [0.25, 0.3) is 0 Å². The molecule has 1 nitrogen and oxygen atoms in total. The highest BCUT2D eigenvalue weighted by Gasteiger charge is 2.50. The van der Waals surface area contributed by atoms with Crippen LogP contribution in [0.3, 0.4) is 0 Å². The van der Waals surface area contributed by atoms with Crippen molar-refractivity contribution in [2.45, 2.75) is 76.3 Å². The lowest BCUT2D eigenvalue weighted by Gasteiger charge is -2.57. The van der Waals surface area contributed by atoms with Crippen LogP contribution in [0.4, 0.5) is 0 Å². The van der Waals surface area contributed by atoms with E-state index >= 15 is 0 Å². The van der Waals surface area contributed by atoms with Gasteiger partial charge in [-0.1, -0.05) is 25.7 Å². The van der Waals surface area contributed by atoms with Crippen LogP contribution in [-0.4, -0.2) is 12.1 Å². The predicted molar refractivity (Wildman–Crippen MR) is 59.3 cm³/mol. The van der Waals surface area contributed by atoms with Crippen LogP contribution < -0.4 is 5.32 Å². The van der Waals surface area contributed by atoms with Gasteiger partial charge >= 0.3 is 0 Å². The summed E-state index contributed by atoms with van der Waals surface area (Å²) in [5.41, 5.74) is 0.803. The van der Waals surface area contributed by atoms with Crippen molar-refractivity contribution in [1.29, 1.82) is 0 Å². The van der Waals surface area contributed by atoms with E-state index in [-0.39, 0.29) is 0 Å². The molecule has 3 aliphatic carbocycles. The molecule has 0 heterocycles. The Hall–Kier alpha value is -0.0400. The summed E-state index contributed by atoms with van der Waals surface area (Å²) in [5, 5.41) is 3.95. The fourth-order valence-electron chi connectivity index (χ4n) is 3.74. The van der Waals surface area contributed by atoms with Crippen molar-refractivity contribution in [3.63, 3.8) is 0 Å². The molecule has 0 bridgehead atoms. The van der Waals surface area contributed by atoms with Crippen LogP contribution in [0.25, 0.3) is 0 Å². The van der Waals surface area contributed by atoms with Crippen LogP contribution in [0.15, 0.2) is 0 Å². The van der Waals surface area contributed by atoms with E-state index in [2.05, 4.69) is 5.32 Å². The first-order valence-corrected chi connectivity index (χ1v) is 6.65. The molecular formula is C13H23N. The first-order valence-electron chi connectivity index (χ1n) is 6.65. The van der Waals surface area contributed by atoms with E-state index in [1.807, 2.05) is 0 Å². The van der Waals surface area contributed by atoms with Crippen LogP contribution in [0.2, 0.25) is 0 Å². The molecule has 0 aromatic heterocycles. The molecule has 0 aliphatic heterocycles. The fraction of sp³-hybridized carbons (Fsp3) is 1.00. The normalized spacial score (nSPS) is 36.4. The highest BCUT2D eigenvalue weighted by molar-refractivity contribution is 5.05. The topological polar surface area (TPSA) is 12.0 Å². The van der Waals surface area contributed by atoms with Crippen molar-refractivity contribution in [1.82, 2.24) is 5.32 Å². The second-order valence-corrected chi connectivity index (χ2v) is 5.81. The zero-order valence-corrected chi connectivity index (χ0v) is 9.23. The summed E-state index contributed by atoms with van der Waals surface area (Å²) >= 11 is 0. The van der Waals surface area contributed by atoms with E-state index in [4.69, 9.17) is 0 Å². The van der Waals surface area contributed by atoms with Crippen LogP contribution in [-0.2, 0) is 0 Å². The SMILES string of the molecule is C1CCC(NC2CCC23CCC3)CC1. The third-order valence-electron chi connectivity index (χ3n) is 5.06. The summed E-state index contributed by atoms with van der Waals surface area (Å²) in [6, 6.07) is 1.80. The van der Waals surface area contributed by atoms with E-state index in [1.165, 1.54) is 64.2 Å². The second-order valence-electron chi connectivity index (χ2n) is 5.81. The van der Waals surface area contributed by atoms with Gasteiger partial charge in [-0.3, -0.25) is 0 Å². The molecule has 1 unspecified atom stereocenters. The summed E-state index contributed by atoms with van der Waals surface area (Å²) in [7, 11) is 0. The smallest absolute Gasteiger partial charge is 0.0126 e. The largest absolute Gasteiger partial charge is 0.311 e. The average Bonchev–Trinajstić information content (AvgIpc) is 2.12. The maximum Gasteiger partial charge on any atom is 0.0126 e. The molecule has 80 valence electrons. The highest BCUT2D eigenvalue weighted by Crippen LogP contribution is 2.56. The van der Waals surface area contributed by atoms with Crippen LogP contribution in [0.1, 0.15) is 64.2 Å². The predicted octanol–water partition coefficient (Wildman–Crippen LogP) is 3.24. The van der Waals surface area contributed by atoms with E-state index < -0.39 is 0 Å². The van der Waals surface area contributed by atoms with Gasteiger partial charge in [0, 0.05) is 12.1 Å². The lowest BCUT2D eigenvalue weighted by molar-refractivity contribution is -0.0247. The highest BCUT2D eigenvalue weighted by atomic mass is 15.0. The molecule has 3 saturated carbocycles. The van der Waals surface area contributed by atoms with Crippen molar-refractivity contribution in [3.05, 3.63) is 0 Å². The van der Waals surface area contributed by atoms with Crippen molar-refractivity contribution in [2.75, 3.05) is 0 Å². The Kier molecular flexibility index (Phi) is 2.31. The monoisotopic (exact) mass is 193 g/mol. The van der Waals surface area contributed by atoms with Crippen molar-refractivity contribution >= 4 is 0 Å². The number of hydrogen-bond donors (Lipinski definition) is 1. The summed E-state index contributed by atoms with van der Waals surface area (Å²) in [4.78, 5) is 0. The van der Waals surface area contributed by atoms with Gasteiger partial charge in [-0.2, -0.15) is 0 Å². The van der Waals surface area contributed by atoms with Crippen molar-refractivity contribution in [2.24, 2.45) is 5.41 Å². The summed E-state index contributed by atoms with van der Waals surface area (Å²) in [6.07, 6.45) is 14.9. The van der Waals surface area contributed by atoms with E-state index in [1.54, 1.807) is 0 Å². The Morgan fingerprint density at radius 3 is 2.07 bits per heavy atom. The van der Waals surface area contributed by atoms with Gasteiger partial charge < -0.3 is 5.32 Å². The molecule has 1 heteroatoms. The third-order valence-corrected chi connectivity index (χ3v) is 5.06. The molecule has 1 N–H and O–H groups in total. The third kappa shape index (κ3) is 1.41. The van der Waals surface area contributed by atoms with Gasteiger partial charge in [0.1, 0.15) is 0 Å². The Morgan fingerprint density at radius 1 is 0.786 bits per heavy atom. The van der Waals surface area contributed by atoms with Crippen LogP contribution >= 0.6 is 0 Å². The van der Waals surface area contributed by atoms with E-state index in [9.17, 15) is 0 Å². The van der Waals surface area contributed by atoms with Gasteiger partial charge in [-0.25, -0.2) is 0 Å². The number of hydrogen-bond acceptors (Lipinski definition) is 1. The molecule has 3 rings (SSSR count). The molecule has 14 heavy (non-hydrogen) atoms. The molecule has 0 aromatic carbocycles. The molecule has 0 saturated heterocycles. The molecular weight excluding hydrogens is 170 g/mol. The Bertz CT molecular complexity index is 196. The average molecular weight is 193 g/mol. The maximum atomic E-state index is 3.95. The minimum atomic E-state index is 0.803. The van der Waals surface area contributed by atoms with Gasteiger partial charge in [0.05, 0.1) is 0 Å². The molecule has 3 fully saturated rings. The Balaban J connectivity index is 1.51. The van der Waals surface area contributed by atoms with Crippen LogP contribution in [0, 0.1) is 5.41 Å². The summed E-state index contributed by atoms with van der Waals surface area (Å²) in [6.45, 7) is 0. The Morgan fingerprint density at radius 2 is 1.57 bits per heavy atom.